The zero-order valence-electron chi connectivity index (χ0n) is 24.2. The van der Waals surface area contributed by atoms with Crippen LogP contribution in [0.4, 0.5) is 0 Å². The maximum absolute atomic E-state index is 9.51. The van der Waals surface area contributed by atoms with Crippen molar-refractivity contribution in [2.45, 2.75) is 0 Å². The van der Waals surface area contributed by atoms with Crippen LogP contribution in [-0.4, -0.2) is 19.5 Å². The van der Waals surface area contributed by atoms with Crippen LogP contribution in [0.1, 0.15) is 5.56 Å². The Kier molecular flexibility index (Phi) is 6.44. The van der Waals surface area contributed by atoms with Gasteiger partial charge in [-0.1, -0.05) is 97.1 Å². The Labute approximate surface area is 260 Å². The zero-order chi connectivity index (χ0) is 30.2. The van der Waals surface area contributed by atoms with E-state index in [4.69, 9.17) is 15.0 Å². The van der Waals surface area contributed by atoms with E-state index in [0.29, 0.717) is 23.0 Å². The highest BCUT2D eigenvalue weighted by atomic mass is 15.0. The third-order valence-electron chi connectivity index (χ3n) is 8.06. The molecule has 0 atom stereocenters. The maximum Gasteiger partial charge on any atom is 0.164 e. The minimum absolute atomic E-state index is 0.614. The third kappa shape index (κ3) is 4.81. The zero-order valence-corrected chi connectivity index (χ0v) is 24.2. The van der Waals surface area contributed by atoms with Crippen molar-refractivity contribution in [1.82, 2.24) is 19.5 Å². The molecule has 0 bridgehead atoms. The number of nitriles is 1. The average molecular weight is 576 g/mol. The van der Waals surface area contributed by atoms with Gasteiger partial charge in [0.25, 0.3) is 0 Å². The summed E-state index contributed by atoms with van der Waals surface area (Å²) in [5.41, 5.74) is 8.74. The van der Waals surface area contributed by atoms with Crippen LogP contribution in [-0.2, 0) is 0 Å². The van der Waals surface area contributed by atoms with E-state index in [1.54, 1.807) is 0 Å². The van der Waals surface area contributed by atoms with Gasteiger partial charge in [-0.15, -0.1) is 0 Å². The molecule has 0 spiro atoms. The largest absolute Gasteiger partial charge is 0.309 e. The standard InChI is InChI=1S/C40H25N5/c41-26-27-11-10-16-30(23-27)31-19-21-36-34(24-31)35-25-32(20-22-37(35)45(36)33-17-8-3-9-18-33)40-43-38(28-12-4-1-5-13-28)42-39(44-40)29-14-6-2-7-15-29/h1-25H. The first-order valence-corrected chi connectivity index (χ1v) is 14.8. The molecule has 0 saturated heterocycles. The fraction of sp³-hybridized carbons (Fsp3) is 0. The molecule has 2 aromatic heterocycles. The highest BCUT2D eigenvalue weighted by Crippen LogP contribution is 2.37. The molecule has 8 rings (SSSR count). The summed E-state index contributed by atoms with van der Waals surface area (Å²) >= 11 is 0. The molecule has 0 unspecified atom stereocenters. The predicted octanol–water partition coefficient (Wildman–Crippen LogP) is 9.51. The van der Waals surface area contributed by atoms with Gasteiger partial charge in [-0.05, 0) is 65.7 Å². The number of hydrogen-bond donors (Lipinski definition) is 0. The number of benzene rings is 6. The molecule has 45 heavy (non-hydrogen) atoms. The monoisotopic (exact) mass is 575 g/mol. The Morgan fingerprint density at radius 1 is 0.422 bits per heavy atom. The summed E-state index contributed by atoms with van der Waals surface area (Å²) in [4.78, 5) is 14.8. The van der Waals surface area contributed by atoms with E-state index in [2.05, 4.69) is 71.3 Å². The number of aromatic nitrogens is 4. The Morgan fingerprint density at radius 2 is 0.889 bits per heavy atom. The van der Waals surface area contributed by atoms with Crippen molar-refractivity contribution in [1.29, 1.82) is 5.26 Å². The van der Waals surface area contributed by atoms with Gasteiger partial charge in [0.2, 0.25) is 0 Å². The molecule has 0 aliphatic rings. The molecule has 0 fully saturated rings. The highest BCUT2D eigenvalue weighted by Gasteiger charge is 2.17. The van der Waals surface area contributed by atoms with E-state index in [1.807, 2.05) is 91.0 Å². The Hall–Kier alpha value is -6.38. The summed E-state index contributed by atoms with van der Waals surface area (Å²) in [5, 5.41) is 11.7. The molecule has 0 radical (unpaired) electrons. The second-order valence-electron chi connectivity index (χ2n) is 10.9. The number of hydrogen-bond acceptors (Lipinski definition) is 4. The lowest BCUT2D eigenvalue weighted by Gasteiger charge is -2.09. The molecule has 6 aromatic carbocycles. The summed E-state index contributed by atoms with van der Waals surface area (Å²) in [6.07, 6.45) is 0. The van der Waals surface area contributed by atoms with E-state index in [1.165, 1.54) is 0 Å². The average Bonchev–Trinajstić information content (AvgIpc) is 3.45. The van der Waals surface area contributed by atoms with Gasteiger partial charge in [-0.25, -0.2) is 15.0 Å². The molecule has 0 aliphatic heterocycles. The van der Waals surface area contributed by atoms with Crippen LogP contribution in [0.2, 0.25) is 0 Å². The first kappa shape index (κ1) is 26.3. The van der Waals surface area contributed by atoms with Gasteiger partial charge in [0.05, 0.1) is 22.7 Å². The van der Waals surface area contributed by atoms with Crippen LogP contribution in [0.3, 0.4) is 0 Å². The second kappa shape index (κ2) is 11.0. The van der Waals surface area contributed by atoms with Crippen LogP contribution < -0.4 is 0 Å². The van der Waals surface area contributed by atoms with Gasteiger partial charge < -0.3 is 4.57 Å². The Bertz CT molecular complexity index is 2310. The minimum Gasteiger partial charge on any atom is -0.309 e. The SMILES string of the molecule is N#Cc1cccc(-c2ccc3c(c2)c2cc(-c4nc(-c5ccccc5)nc(-c5ccccc5)n4)ccc2n3-c2ccccc2)c1. The normalized spacial score (nSPS) is 11.1. The van der Waals surface area contributed by atoms with Crippen molar-refractivity contribution in [3.05, 3.63) is 157 Å². The fourth-order valence-electron chi connectivity index (χ4n) is 5.90. The molecule has 0 amide bonds. The molecule has 8 aromatic rings. The van der Waals surface area contributed by atoms with Crippen LogP contribution in [0, 0.1) is 11.3 Å². The second-order valence-corrected chi connectivity index (χ2v) is 10.9. The van der Waals surface area contributed by atoms with Crippen molar-refractivity contribution in [2.75, 3.05) is 0 Å². The van der Waals surface area contributed by atoms with Crippen molar-refractivity contribution >= 4 is 21.8 Å². The maximum atomic E-state index is 9.51. The third-order valence-corrected chi connectivity index (χ3v) is 8.06. The van der Waals surface area contributed by atoms with E-state index >= 15 is 0 Å². The number of fused-ring (bicyclic) bond motifs is 3. The lowest BCUT2D eigenvalue weighted by atomic mass is 10.0. The lowest BCUT2D eigenvalue weighted by Crippen LogP contribution is -2.00. The van der Waals surface area contributed by atoms with Gasteiger partial charge in [-0.3, -0.25) is 0 Å². The van der Waals surface area contributed by atoms with Gasteiger partial charge >= 0.3 is 0 Å². The van der Waals surface area contributed by atoms with Gasteiger partial charge in [0.1, 0.15) is 0 Å². The van der Waals surface area contributed by atoms with Crippen molar-refractivity contribution in [3.63, 3.8) is 0 Å². The summed E-state index contributed by atoms with van der Waals surface area (Å²) < 4.78 is 2.29. The topological polar surface area (TPSA) is 67.4 Å². The van der Waals surface area contributed by atoms with Crippen LogP contribution in [0.5, 0.6) is 0 Å². The van der Waals surface area contributed by atoms with Crippen molar-refractivity contribution < 1.29 is 0 Å². The van der Waals surface area contributed by atoms with Crippen LogP contribution >= 0.6 is 0 Å². The van der Waals surface area contributed by atoms with E-state index in [0.717, 1.165) is 55.3 Å². The van der Waals surface area contributed by atoms with Crippen LogP contribution in [0.15, 0.2) is 152 Å². The molecule has 210 valence electrons. The number of nitrogens with zero attached hydrogens (tertiary/aromatic N) is 5. The fourth-order valence-corrected chi connectivity index (χ4v) is 5.90. The van der Waals surface area contributed by atoms with Gasteiger partial charge in [0.15, 0.2) is 17.5 Å². The van der Waals surface area contributed by atoms with Gasteiger partial charge in [0, 0.05) is 33.2 Å². The van der Waals surface area contributed by atoms with Crippen molar-refractivity contribution in [3.8, 4) is 57.0 Å². The summed E-state index contributed by atoms with van der Waals surface area (Å²) in [7, 11) is 0. The Balaban J connectivity index is 1.37. The first-order chi connectivity index (χ1) is 22.2. The molecule has 0 N–H and O–H groups in total. The predicted molar refractivity (Wildman–Crippen MR) is 181 cm³/mol. The van der Waals surface area contributed by atoms with Gasteiger partial charge in [-0.2, -0.15) is 5.26 Å². The lowest BCUT2D eigenvalue weighted by molar-refractivity contribution is 1.07. The molecule has 5 heteroatoms. The Morgan fingerprint density at radius 3 is 1.47 bits per heavy atom. The van der Waals surface area contributed by atoms with Crippen LogP contribution in [0.25, 0.3) is 72.8 Å². The molecular weight excluding hydrogens is 550 g/mol. The van der Waals surface area contributed by atoms with E-state index in [9.17, 15) is 5.26 Å². The first-order valence-electron chi connectivity index (χ1n) is 14.8. The summed E-state index contributed by atoms with van der Waals surface area (Å²) in [5.74, 6) is 1.87. The van der Waals surface area contributed by atoms with E-state index in [-0.39, 0.29) is 0 Å². The quantitative estimate of drug-likeness (QED) is 0.205. The highest BCUT2D eigenvalue weighted by molar-refractivity contribution is 6.11. The molecule has 0 saturated carbocycles. The number of para-hydroxylation sites is 1. The summed E-state index contributed by atoms with van der Waals surface area (Å²) in [6.45, 7) is 0. The molecule has 5 nitrogen and oxygen atoms in total. The summed E-state index contributed by atoms with van der Waals surface area (Å²) in [6, 6.07) is 53.4. The minimum atomic E-state index is 0.614. The molecule has 0 aliphatic carbocycles. The number of rotatable bonds is 5. The van der Waals surface area contributed by atoms with Crippen molar-refractivity contribution in [2.24, 2.45) is 0 Å². The van der Waals surface area contributed by atoms with E-state index < -0.39 is 0 Å². The molecular formula is C40H25N5. The smallest absolute Gasteiger partial charge is 0.164 e. The molecule has 2 heterocycles.